The Labute approximate surface area is 137 Å². The maximum absolute atomic E-state index is 11.2. The van der Waals surface area contributed by atoms with Crippen LogP contribution in [0.4, 0.5) is 0 Å². The summed E-state index contributed by atoms with van der Waals surface area (Å²) >= 11 is 0. The highest BCUT2D eigenvalue weighted by Gasteiger charge is 2.02. The molecule has 122 valence electrons. The Kier molecular flexibility index (Phi) is 7.14. The first kappa shape index (κ1) is 17.0. The summed E-state index contributed by atoms with van der Waals surface area (Å²) in [4.78, 5) is 11.2. The average Bonchev–Trinajstić information content (AvgIpc) is 2.60. The van der Waals surface area contributed by atoms with Crippen LogP contribution in [0.25, 0.3) is 0 Å². The minimum absolute atomic E-state index is 0.241. The van der Waals surface area contributed by atoms with Gasteiger partial charge in [0.2, 0.25) is 0 Å². The molecule has 0 amide bonds. The Morgan fingerprint density at radius 1 is 0.913 bits per heavy atom. The third-order valence-electron chi connectivity index (χ3n) is 3.31. The van der Waals surface area contributed by atoms with Gasteiger partial charge in [-0.05, 0) is 23.3 Å². The molecule has 0 unspecified atom stereocenters. The summed E-state index contributed by atoms with van der Waals surface area (Å²) in [6.45, 7) is 1.89. The topological polar surface area (TPSA) is 44.8 Å². The van der Waals surface area contributed by atoms with E-state index in [2.05, 4.69) is 4.74 Å². The first-order valence-corrected chi connectivity index (χ1v) is 7.68. The van der Waals surface area contributed by atoms with E-state index in [1.165, 1.54) is 12.7 Å². The Morgan fingerprint density at radius 3 is 2.35 bits per heavy atom. The van der Waals surface area contributed by atoms with Gasteiger partial charge in [-0.15, -0.1) is 0 Å². The molecule has 0 bridgehead atoms. The third kappa shape index (κ3) is 6.53. The average molecular weight is 314 g/mol. The first-order chi connectivity index (χ1) is 11.3. The standard InChI is InChI=1S/C19H22O4/c1-21-19(20)14-16-8-10-18(11-9-16)23-13-5-12-22-15-17-6-3-2-4-7-17/h2-4,6-11H,5,12-15H2,1H3. The van der Waals surface area contributed by atoms with Crippen LogP contribution in [0.5, 0.6) is 5.75 Å². The van der Waals surface area contributed by atoms with E-state index in [0.29, 0.717) is 19.8 Å². The van der Waals surface area contributed by atoms with Gasteiger partial charge in [0, 0.05) is 6.42 Å². The maximum atomic E-state index is 11.2. The summed E-state index contributed by atoms with van der Waals surface area (Å²) in [5.41, 5.74) is 2.09. The van der Waals surface area contributed by atoms with Crippen molar-refractivity contribution < 1.29 is 19.0 Å². The molecule has 0 saturated carbocycles. The number of rotatable bonds is 9. The summed E-state index contributed by atoms with van der Waals surface area (Å²) in [5, 5.41) is 0. The monoisotopic (exact) mass is 314 g/mol. The minimum Gasteiger partial charge on any atom is -0.494 e. The molecule has 0 aliphatic rings. The van der Waals surface area contributed by atoms with Crippen LogP contribution in [0.15, 0.2) is 54.6 Å². The van der Waals surface area contributed by atoms with Gasteiger partial charge in [0.15, 0.2) is 0 Å². The van der Waals surface area contributed by atoms with E-state index in [1.807, 2.05) is 54.6 Å². The third-order valence-corrected chi connectivity index (χ3v) is 3.31. The smallest absolute Gasteiger partial charge is 0.309 e. The molecule has 0 aliphatic heterocycles. The Hall–Kier alpha value is -2.33. The second-order valence-corrected chi connectivity index (χ2v) is 5.14. The second kappa shape index (κ2) is 9.64. The lowest BCUT2D eigenvalue weighted by Gasteiger charge is -2.08. The van der Waals surface area contributed by atoms with Gasteiger partial charge in [-0.3, -0.25) is 4.79 Å². The molecule has 2 rings (SSSR count). The lowest BCUT2D eigenvalue weighted by molar-refractivity contribution is -0.139. The molecule has 0 saturated heterocycles. The highest BCUT2D eigenvalue weighted by molar-refractivity contribution is 5.72. The van der Waals surface area contributed by atoms with Crippen LogP contribution in [0.1, 0.15) is 17.5 Å². The van der Waals surface area contributed by atoms with Crippen LogP contribution in [0.3, 0.4) is 0 Å². The summed E-state index contributed by atoms with van der Waals surface area (Å²) in [7, 11) is 1.39. The van der Waals surface area contributed by atoms with Gasteiger partial charge in [-0.25, -0.2) is 0 Å². The van der Waals surface area contributed by atoms with Crippen LogP contribution in [0, 0.1) is 0 Å². The van der Waals surface area contributed by atoms with Crippen molar-refractivity contribution in [3.63, 3.8) is 0 Å². The largest absolute Gasteiger partial charge is 0.494 e. The molecule has 2 aromatic carbocycles. The zero-order valence-electron chi connectivity index (χ0n) is 13.4. The zero-order chi connectivity index (χ0) is 16.3. The van der Waals surface area contributed by atoms with Gasteiger partial charge in [0.25, 0.3) is 0 Å². The van der Waals surface area contributed by atoms with Gasteiger partial charge in [0.1, 0.15) is 5.75 Å². The van der Waals surface area contributed by atoms with Crippen molar-refractivity contribution in [1.82, 2.24) is 0 Å². The van der Waals surface area contributed by atoms with Crippen LogP contribution in [0.2, 0.25) is 0 Å². The summed E-state index contributed by atoms with van der Waals surface area (Å²) in [6, 6.07) is 17.6. The Bertz CT molecular complexity index is 578. The van der Waals surface area contributed by atoms with E-state index in [-0.39, 0.29) is 12.4 Å². The number of hydrogen-bond donors (Lipinski definition) is 0. The van der Waals surface area contributed by atoms with Gasteiger partial charge in [0.05, 0.1) is 33.4 Å². The van der Waals surface area contributed by atoms with E-state index >= 15 is 0 Å². The fourth-order valence-corrected chi connectivity index (χ4v) is 2.06. The first-order valence-electron chi connectivity index (χ1n) is 7.68. The van der Waals surface area contributed by atoms with E-state index in [1.54, 1.807) is 0 Å². The normalized spacial score (nSPS) is 10.3. The number of benzene rings is 2. The van der Waals surface area contributed by atoms with Crippen LogP contribution < -0.4 is 4.74 Å². The number of esters is 1. The molecule has 4 heteroatoms. The molecule has 0 aliphatic carbocycles. The van der Waals surface area contributed by atoms with Crippen LogP contribution >= 0.6 is 0 Å². The van der Waals surface area contributed by atoms with Crippen molar-refractivity contribution in [3.05, 3.63) is 65.7 Å². The Balaban J connectivity index is 1.60. The quantitative estimate of drug-likeness (QED) is 0.526. The molecule has 0 N–H and O–H groups in total. The van der Waals surface area contributed by atoms with Gasteiger partial charge >= 0.3 is 5.97 Å². The van der Waals surface area contributed by atoms with Crippen molar-refractivity contribution in [1.29, 1.82) is 0 Å². The Morgan fingerprint density at radius 2 is 1.65 bits per heavy atom. The van der Waals surface area contributed by atoms with Crippen molar-refractivity contribution in [2.24, 2.45) is 0 Å². The van der Waals surface area contributed by atoms with Crippen molar-refractivity contribution in [2.45, 2.75) is 19.4 Å². The van der Waals surface area contributed by atoms with Crippen molar-refractivity contribution in [3.8, 4) is 5.75 Å². The van der Waals surface area contributed by atoms with E-state index < -0.39 is 0 Å². The fraction of sp³-hybridized carbons (Fsp3) is 0.316. The lowest BCUT2D eigenvalue weighted by atomic mass is 10.1. The molecule has 4 nitrogen and oxygen atoms in total. The van der Waals surface area contributed by atoms with Crippen LogP contribution in [-0.4, -0.2) is 26.3 Å². The van der Waals surface area contributed by atoms with E-state index in [9.17, 15) is 4.79 Å². The summed E-state index contributed by atoms with van der Waals surface area (Å²) < 4.78 is 15.9. The molecule has 23 heavy (non-hydrogen) atoms. The molecular formula is C19H22O4. The van der Waals surface area contributed by atoms with Crippen LogP contribution in [-0.2, 0) is 27.3 Å². The van der Waals surface area contributed by atoms with Crippen molar-refractivity contribution in [2.75, 3.05) is 20.3 Å². The summed E-state index contributed by atoms with van der Waals surface area (Å²) in [6.07, 6.45) is 1.11. The number of methoxy groups -OCH3 is 1. The van der Waals surface area contributed by atoms with Crippen molar-refractivity contribution >= 4 is 5.97 Å². The number of carbonyl (C=O) groups is 1. The highest BCUT2D eigenvalue weighted by atomic mass is 16.5. The predicted molar refractivity (Wildman–Crippen MR) is 88.4 cm³/mol. The molecule has 0 fully saturated rings. The summed E-state index contributed by atoms with van der Waals surface area (Å²) in [5.74, 6) is 0.552. The molecule has 0 aromatic heterocycles. The van der Waals surface area contributed by atoms with Gasteiger partial charge < -0.3 is 14.2 Å². The number of ether oxygens (including phenoxy) is 3. The second-order valence-electron chi connectivity index (χ2n) is 5.14. The fourth-order valence-electron chi connectivity index (χ4n) is 2.06. The lowest BCUT2D eigenvalue weighted by Crippen LogP contribution is -2.05. The molecule has 0 heterocycles. The molecule has 2 aromatic rings. The maximum Gasteiger partial charge on any atom is 0.309 e. The predicted octanol–water partition coefficient (Wildman–Crippen LogP) is 3.39. The number of carbonyl (C=O) groups excluding carboxylic acids is 1. The highest BCUT2D eigenvalue weighted by Crippen LogP contribution is 2.13. The van der Waals surface area contributed by atoms with Gasteiger partial charge in [-0.1, -0.05) is 42.5 Å². The molecular weight excluding hydrogens is 292 g/mol. The molecule has 0 radical (unpaired) electrons. The van der Waals surface area contributed by atoms with Gasteiger partial charge in [-0.2, -0.15) is 0 Å². The zero-order valence-corrected chi connectivity index (χ0v) is 13.4. The molecule has 0 spiro atoms. The number of hydrogen-bond acceptors (Lipinski definition) is 4. The van der Waals surface area contributed by atoms with E-state index in [0.717, 1.165) is 17.7 Å². The molecule has 0 atom stereocenters. The van der Waals surface area contributed by atoms with E-state index in [4.69, 9.17) is 9.47 Å². The minimum atomic E-state index is -0.241. The SMILES string of the molecule is COC(=O)Cc1ccc(OCCCOCc2ccccc2)cc1.